The quantitative estimate of drug-likeness (QED) is 0.920. The zero-order valence-electron chi connectivity index (χ0n) is 10.2. The van der Waals surface area contributed by atoms with Crippen LogP contribution in [0.4, 0.5) is 5.82 Å². The van der Waals surface area contributed by atoms with Gasteiger partial charge in [-0.3, -0.25) is 0 Å². The summed E-state index contributed by atoms with van der Waals surface area (Å²) in [6.07, 6.45) is 5.05. The second-order valence-corrected chi connectivity index (χ2v) is 5.06. The Kier molecular flexibility index (Phi) is 3.24. The van der Waals surface area contributed by atoms with Crippen molar-refractivity contribution in [2.45, 2.75) is 25.8 Å². The van der Waals surface area contributed by atoms with Gasteiger partial charge >= 0.3 is 0 Å². The molecule has 1 aliphatic heterocycles. The average Bonchev–Trinajstić information content (AvgIpc) is 2.80. The smallest absolute Gasteiger partial charge is 0.126 e. The number of hydrogen-bond donors (Lipinski definition) is 1. The molecule has 2 aromatic rings. The highest BCUT2D eigenvalue weighted by Crippen LogP contribution is 2.18. The SMILES string of the molecule is Clc1cccc(CCc2ncc3n2CCCN3)c1. The molecule has 1 aliphatic rings. The summed E-state index contributed by atoms with van der Waals surface area (Å²) in [7, 11) is 0. The summed E-state index contributed by atoms with van der Waals surface area (Å²) in [4.78, 5) is 4.50. The molecule has 2 heterocycles. The first-order valence-corrected chi connectivity index (χ1v) is 6.73. The highest BCUT2D eigenvalue weighted by Gasteiger charge is 2.12. The van der Waals surface area contributed by atoms with Gasteiger partial charge in [-0.25, -0.2) is 4.98 Å². The van der Waals surface area contributed by atoms with Gasteiger partial charge in [0, 0.05) is 24.5 Å². The lowest BCUT2D eigenvalue weighted by Gasteiger charge is -2.18. The van der Waals surface area contributed by atoms with Crippen molar-refractivity contribution in [3.63, 3.8) is 0 Å². The number of halogens is 1. The Hall–Kier alpha value is -1.48. The first-order chi connectivity index (χ1) is 8.83. The van der Waals surface area contributed by atoms with Gasteiger partial charge in [0.15, 0.2) is 0 Å². The van der Waals surface area contributed by atoms with Crippen LogP contribution < -0.4 is 5.32 Å². The van der Waals surface area contributed by atoms with Crippen molar-refractivity contribution in [2.24, 2.45) is 0 Å². The number of nitrogens with one attached hydrogen (secondary N) is 1. The summed E-state index contributed by atoms with van der Waals surface area (Å²) in [5, 5.41) is 4.17. The molecule has 18 heavy (non-hydrogen) atoms. The van der Waals surface area contributed by atoms with E-state index in [0.717, 1.165) is 42.6 Å². The molecule has 0 fully saturated rings. The Morgan fingerprint density at radius 2 is 2.28 bits per heavy atom. The zero-order chi connectivity index (χ0) is 12.4. The van der Waals surface area contributed by atoms with Crippen LogP contribution in [-0.2, 0) is 19.4 Å². The lowest BCUT2D eigenvalue weighted by atomic mass is 10.1. The van der Waals surface area contributed by atoms with Crippen LogP contribution >= 0.6 is 11.6 Å². The molecule has 3 nitrogen and oxygen atoms in total. The summed E-state index contributed by atoms with van der Waals surface area (Å²) in [6, 6.07) is 8.05. The van der Waals surface area contributed by atoms with Gasteiger partial charge < -0.3 is 9.88 Å². The second-order valence-electron chi connectivity index (χ2n) is 4.62. The van der Waals surface area contributed by atoms with Crippen LogP contribution in [0.15, 0.2) is 30.5 Å². The van der Waals surface area contributed by atoms with Crippen molar-refractivity contribution in [3.05, 3.63) is 46.9 Å². The molecule has 0 amide bonds. The highest BCUT2D eigenvalue weighted by molar-refractivity contribution is 6.30. The molecule has 1 N–H and O–H groups in total. The molecule has 94 valence electrons. The van der Waals surface area contributed by atoms with Crippen LogP contribution in [0, 0.1) is 0 Å². The highest BCUT2D eigenvalue weighted by atomic mass is 35.5. The molecule has 0 saturated carbocycles. The van der Waals surface area contributed by atoms with Crippen LogP contribution in [0.3, 0.4) is 0 Å². The summed E-state index contributed by atoms with van der Waals surface area (Å²) in [6.45, 7) is 2.13. The van der Waals surface area contributed by atoms with Crippen molar-refractivity contribution in [3.8, 4) is 0 Å². The molecule has 1 aromatic carbocycles. The molecular formula is C14H16ClN3. The number of benzene rings is 1. The number of imidazole rings is 1. The zero-order valence-corrected chi connectivity index (χ0v) is 11.0. The molecule has 3 rings (SSSR count). The topological polar surface area (TPSA) is 29.9 Å². The minimum atomic E-state index is 0.805. The Morgan fingerprint density at radius 1 is 1.33 bits per heavy atom. The molecule has 0 saturated heterocycles. The van der Waals surface area contributed by atoms with Crippen molar-refractivity contribution >= 4 is 17.4 Å². The number of rotatable bonds is 3. The van der Waals surface area contributed by atoms with Gasteiger partial charge in [-0.1, -0.05) is 23.7 Å². The Morgan fingerprint density at radius 3 is 3.17 bits per heavy atom. The van der Waals surface area contributed by atoms with E-state index in [4.69, 9.17) is 11.6 Å². The van der Waals surface area contributed by atoms with E-state index < -0.39 is 0 Å². The Labute approximate surface area is 112 Å². The van der Waals surface area contributed by atoms with Gasteiger partial charge in [0.2, 0.25) is 0 Å². The molecule has 4 heteroatoms. The van der Waals surface area contributed by atoms with E-state index in [1.807, 2.05) is 24.4 Å². The first-order valence-electron chi connectivity index (χ1n) is 6.35. The third-order valence-electron chi connectivity index (χ3n) is 3.33. The third kappa shape index (κ3) is 2.36. The van der Waals surface area contributed by atoms with Crippen LogP contribution in [0.25, 0.3) is 0 Å². The van der Waals surface area contributed by atoms with E-state index >= 15 is 0 Å². The van der Waals surface area contributed by atoms with Crippen LogP contribution in [0.1, 0.15) is 17.8 Å². The van der Waals surface area contributed by atoms with Gasteiger partial charge in [0.05, 0.1) is 6.20 Å². The minimum Gasteiger partial charge on any atom is -0.370 e. The van der Waals surface area contributed by atoms with Crippen LogP contribution in [0.5, 0.6) is 0 Å². The molecule has 0 spiro atoms. The Balaban J connectivity index is 1.72. The molecule has 0 atom stereocenters. The fraction of sp³-hybridized carbons (Fsp3) is 0.357. The summed E-state index contributed by atoms with van der Waals surface area (Å²) in [5.74, 6) is 2.32. The third-order valence-corrected chi connectivity index (χ3v) is 3.56. The van der Waals surface area contributed by atoms with E-state index in [1.54, 1.807) is 0 Å². The maximum absolute atomic E-state index is 5.99. The molecule has 1 aromatic heterocycles. The van der Waals surface area contributed by atoms with E-state index in [9.17, 15) is 0 Å². The molecule has 0 radical (unpaired) electrons. The maximum atomic E-state index is 5.99. The lowest BCUT2D eigenvalue weighted by molar-refractivity contribution is 0.597. The van der Waals surface area contributed by atoms with Crippen molar-refractivity contribution in [1.82, 2.24) is 9.55 Å². The van der Waals surface area contributed by atoms with Crippen LogP contribution in [-0.4, -0.2) is 16.1 Å². The van der Waals surface area contributed by atoms with Crippen LogP contribution in [0.2, 0.25) is 5.02 Å². The number of aromatic nitrogens is 2. The lowest BCUT2D eigenvalue weighted by Crippen LogP contribution is -2.18. The Bertz CT molecular complexity index is 548. The van der Waals surface area contributed by atoms with Gasteiger partial charge in [-0.15, -0.1) is 0 Å². The van der Waals surface area contributed by atoms with Gasteiger partial charge in [-0.05, 0) is 30.5 Å². The molecule has 0 aliphatic carbocycles. The van der Waals surface area contributed by atoms with Gasteiger partial charge in [-0.2, -0.15) is 0 Å². The maximum Gasteiger partial charge on any atom is 0.126 e. The number of nitrogens with zero attached hydrogens (tertiary/aromatic N) is 2. The summed E-state index contributed by atoms with van der Waals surface area (Å²) in [5.41, 5.74) is 1.27. The molecule has 0 bridgehead atoms. The minimum absolute atomic E-state index is 0.805. The largest absolute Gasteiger partial charge is 0.370 e. The standard InChI is InChI=1S/C14H16ClN3/c15-12-4-1-3-11(9-12)5-6-13-17-10-14-16-7-2-8-18(13)14/h1,3-4,9-10,16H,2,5-8H2. The van der Waals surface area contributed by atoms with Gasteiger partial charge in [0.25, 0.3) is 0 Å². The monoisotopic (exact) mass is 261 g/mol. The van der Waals surface area contributed by atoms with E-state index in [2.05, 4.69) is 20.9 Å². The summed E-state index contributed by atoms with van der Waals surface area (Å²) >= 11 is 5.99. The predicted molar refractivity (Wildman–Crippen MR) is 74.2 cm³/mol. The summed E-state index contributed by atoms with van der Waals surface area (Å²) < 4.78 is 2.29. The first kappa shape index (κ1) is 11.6. The van der Waals surface area contributed by atoms with E-state index in [-0.39, 0.29) is 0 Å². The van der Waals surface area contributed by atoms with Crippen molar-refractivity contribution in [2.75, 3.05) is 11.9 Å². The normalized spacial score (nSPS) is 14.1. The number of anilines is 1. The van der Waals surface area contributed by atoms with Crippen molar-refractivity contribution in [1.29, 1.82) is 0 Å². The average molecular weight is 262 g/mol. The fourth-order valence-electron chi connectivity index (χ4n) is 2.41. The van der Waals surface area contributed by atoms with Gasteiger partial charge in [0.1, 0.15) is 11.6 Å². The number of fused-ring (bicyclic) bond motifs is 1. The van der Waals surface area contributed by atoms with E-state index in [0.29, 0.717) is 0 Å². The fourth-order valence-corrected chi connectivity index (χ4v) is 2.62. The molecular weight excluding hydrogens is 246 g/mol. The second kappa shape index (κ2) is 5.02. The van der Waals surface area contributed by atoms with Crippen molar-refractivity contribution < 1.29 is 0 Å². The predicted octanol–water partition coefficient (Wildman–Crippen LogP) is 3.14. The molecule has 0 unspecified atom stereocenters. The number of hydrogen-bond acceptors (Lipinski definition) is 2. The van der Waals surface area contributed by atoms with E-state index in [1.165, 1.54) is 12.0 Å². The number of aryl methyl sites for hydroxylation is 2.